The van der Waals surface area contributed by atoms with Gasteiger partial charge in [0.1, 0.15) is 11.5 Å². The van der Waals surface area contributed by atoms with Gasteiger partial charge in [-0.05, 0) is 61.2 Å². The number of aromatic nitrogens is 3. The highest BCUT2D eigenvalue weighted by atomic mass is 16.7. The third-order valence-electron chi connectivity index (χ3n) is 6.76. The monoisotopic (exact) mass is 482 g/mol. The highest BCUT2D eigenvalue weighted by molar-refractivity contribution is 5.69. The van der Waals surface area contributed by atoms with E-state index in [0.717, 1.165) is 38.0 Å². The molecule has 0 amide bonds. The molecule has 0 saturated carbocycles. The van der Waals surface area contributed by atoms with Gasteiger partial charge < -0.3 is 19.7 Å². The van der Waals surface area contributed by atoms with Crippen LogP contribution in [0.15, 0.2) is 41.2 Å². The van der Waals surface area contributed by atoms with Crippen molar-refractivity contribution in [1.82, 2.24) is 19.7 Å². The second-order valence-electron chi connectivity index (χ2n) is 9.39. The van der Waals surface area contributed by atoms with Gasteiger partial charge in [-0.25, -0.2) is 14.5 Å². The molecular weight excluding hydrogens is 448 g/mol. The van der Waals surface area contributed by atoms with Gasteiger partial charge in [-0.15, -0.1) is 0 Å². The quantitative estimate of drug-likeness (QED) is 0.421. The molecule has 2 heterocycles. The summed E-state index contributed by atoms with van der Waals surface area (Å²) in [4.78, 5) is 15.0. The average molecular weight is 483 g/mol. The molecule has 1 saturated heterocycles. The number of ether oxygens (including phenoxy) is 2. The van der Waals surface area contributed by atoms with Gasteiger partial charge in [-0.2, -0.15) is 5.10 Å². The number of hydrogen-bond donors (Lipinski definition) is 3. The van der Waals surface area contributed by atoms with E-state index in [1.165, 1.54) is 10.6 Å². The lowest BCUT2D eigenvalue weighted by atomic mass is 9.95. The van der Waals surface area contributed by atoms with E-state index in [4.69, 9.17) is 9.47 Å². The molecule has 0 unspecified atom stereocenters. The number of hydrogen-bond acceptors (Lipinski definition) is 7. The fraction of sp³-hybridized carbons (Fsp3) is 0.462. The van der Waals surface area contributed by atoms with E-state index in [2.05, 4.69) is 15.1 Å². The number of rotatable bonds is 8. The molecule has 1 aliphatic heterocycles. The second kappa shape index (κ2) is 10.6. The summed E-state index contributed by atoms with van der Waals surface area (Å²) < 4.78 is 12.3. The summed E-state index contributed by atoms with van der Waals surface area (Å²) in [5, 5.41) is 27.3. The lowest BCUT2D eigenvalue weighted by Crippen LogP contribution is -2.38. The molecule has 1 fully saturated rings. The first-order valence-corrected chi connectivity index (χ1v) is 11.9. The number of aromatic hydroxyl groups is 2. The van der Waals surface area contributed by atoms with Crippen molar-refractivity contribution in [3.63, 3.8) is 0 Å². The van der Waals surface area contributed by atoms with Gasteiger partial charge >= 0.3 is 5.69 Å². The molecule has 9 nitrogen and oxygen atoms in total. The smallest absolute Gasteiger partial charge is 0.348 e. The first-order chi connectivity index (χ1) is 16.8. The minimum atomic E-state index is -0.403. The van der Waals surface area contributed by atoms with Crippen LogP contribution in [0, 0.1) is 5.92 Å². The Morgan fingerprint density at radius 1 is 1.06 bits per heavy atom. The molecule has 0 aliphatic carbocycles. The predicted molar refractivity (Wildman–Crippen MR) is 133 cm³/mol. The predicted octanol–water partition coefficient (Wildman–Crippen LogP) is 3.59. The second-order valence-corrected chi connectivity index (χ2v) is 9.39. The highest BCUT2D eigenvalue weighted by Gasteiger charge is 2.26. The first kappa shape index (κ1) is 25.0. The Bertz CT molecular complexity index is 1190. The van der Waals surface area contributed by atoms with E-state index < -0.39 is 5.69 Å². The van der Waals surface area contributed by atoms with Gasteiger partial charge in [0.2, 0.25) is 0 Å². The molecule has 0 radical (unpaired) electrons. The molecule has 0 spiro atoms. The van der Waals surface area contributed by atoms with Crippen LogP contribution in [-0.2, 0) is 16.0 Å². The van der Waals surface area contributed by atoms with Gasteiger partial charge in [-0.1, -0.05) is 26.0 Å². The van der Waals surface area contributed by atoms with Crippen LogP contribution in [0.4, 0.5) is 0 Å². The van der Waals surface area contributed by atoms with Gasteiger partial charge in [0.15, 0.2) is 12.1 Å². The fourth-order valence-electron chi connectivity index (χ4n) is 4.83. The van der Waals surface area contributed by atoms with Crippen LogP contribution in [0.25, 0.3) is 17.1 Å². The van der Waals surface area contributed by atoms with Crippen molar-refractivity contribution in [2.24, 2.45) is 5.92 Å². The molecular formula is C26H34N4O5. The molecule has 0 bridgehead atoms. The van der Waals surface area contributed by atoms with Crippen LogP contribution in [0.1, 0.15) is 43.7 Å². The summed E-state index contributed by atoms with van der Waals surface area (Å²) in [6, 6.07) is 10.8. The molecule has 0 atom stereocenters. The highest BCUT2D eigenvalue weighted by Crippen LogP contribution is 2.37. The number of H-pyrrole nitrogens is 1. The lowest BCUT2D eigenvalue weighted by molar-refractivity contribution is -0.147. The zero-order chi connectivity index (χ0) is 25.1. The van der Waals surface area contributed by atoms with Crippen LogP contribution >= 0.6 is 0 Å². The number of nitrogens with one attached hydrogen (secondary N) is 1. The molecule has 35 heavy (non-hydrogen) atoms. The Kier molecular flexibility index (Phi) is 7.59. The molecule has 4 rings (SSSR count). The van der Waals surface area contributed by atoms with Crippen LogP contribution < -0.4 is 5.69 Å². The summed E-state index contributed by atoms with van der Waals surface area (Å²) in [7, 11) is 3.37. The number of piperidine rings is 1. The van der Waals surface area contributed by atoms with Crippen molar-refractivity contribution in [2.45, 2.75) is 45.4 Å². The summed E-state index contributed by atoms with van der Waals surface area (Å²) in [5.74, 6) is 0.598. The van der Waals surface area contributed by atoms with Crippen molar-refractivity contribution in [2.75, 3.05) is 27.3 Å². The zero-order valence-electron chi connectivity index (χ0n) is 20.7. The third kappa shape index (κ3) is 5.27. The molecule has 2 aromatic carbocycles. The van der Waals surface area contributed by atoms with Crippen molar-refractivity contribution >= 4 is 0 Å². The van der Waals surface area contributed by atoms with Gasteiger partial charge in [0, 0.05) is 32.7 Å². The van der Waals surface area contributed by atoms with E-state index >= 15 is 0 Å². The molecule has 3 N–H and O–H groups in total. The van der Waals surface area contributed by atoms with Gasteiger partial charge in [-0.3, -0.25) is 4.90 Å². The Labute approximate surface area is 204 Å². The first-order valence-electron chi connectivity index (χ1n) is 11.9. The maximum absolute atomic E-state index is 12.6. The largest absolute Gasteiger partial charge is 0.508 e. The van der Waals surface area contributed by atoms with E-state index in [-0.39, 0.29) is 29.5 Å². The minimum Gasteiger partial charge on any atom is -0.508 e. The summed E-state index contributed by atoms with van der Waals surface area (Å²) in [6.45, 7) is 6.66. The maximum atomic E-state index is 12.6. The van der Waals surface area contributed by atoms with Crippen molar-refractivity contribution in [3.8, 4) is 28.6 Å². The number of methoxy groups -OCH3 is 2. The number of benzene rings is 2. The zero-order valence-corrected chi connectivity index (χ0v) is 20.7. The summed E-state index contributed by atoms with van der Waals surface area (Å²) in [5.41, 5.74) is 2.43. The molecule has 3 aromatic rings. The van der Waals surface area contributed by atoms with Crippen molar-refractivity contribution in [3.05, 3.63) is 58.0 Å². The molecule has 1 aliphatic rings. The van der Waals surface area contributed by atoms with E-state index in [0.29, 0.717) is 22.7 Å². The van der Waals surface area contributed by atoms with Crippen LogP contribution in [0.5, 0.6) is 11.5 Å². The number of nitrogens with zero attached hydrogens (tertiary/aromatic N) is 3. The minimum absolute atomic E-state index is 0.0130. The van der Waals surface area contributed by atoms with E-state index in [1.807, 2.05) is 38.1 Å². The Balaban J connectivity index is 1.52. The third-order valence-corrected chi connectivity index (χ3v) is 6.76. The van der Waals surface area contributed by atoms with Crippen LogP contribution in [-0.4, -0.2) is 63.5 Å². The Morgan fingerprint density at radius 3 is 2.31 bits per heavy atom. The fourth-order valence-corrected chi connectivity index (χ4v) is 4.83. The van der Waals surface area contributed by atoms with Crippen LogP contribution in [0.3, 0.4) is 0 Å². The summed E-state index contributed by atoms with van der Waals surface area (Å²) in [6.07, 6.45) is 1.89. The number of phenols is 2. The molecule has 9 heteroatoms. The van der Waals surface area contributed by atoms with Crippen LogP contribution in [0.2, 0.25) is 0 Å². The topological polar surface area (TPSA) is 113 Å². The summed E-state index contributed by atoms with van der Waals surface area (Å²) >= 11 is 0. The van der Waals surface area contributed by atoms with Gasteiger partial charge in [0.05, 0.1) is 11.3 Å². The van der Waals surface area contributed by atoms with Crippen molar-refractivity contribution in [1.29, 1.82) is 0 Å². The molecule has 188 valence electrons. The standard InChI is InChI=1S/C26H34N4O5/c1-16(2)20-13-21(23(32)14-22(20)31)24-27-28-26(33)30(24)19-7-5-17(6-8-19)15-29-11-9-18(10-12-29)25(34-3)35-4/h5-8,13-14,16,18,25,31-32H,9-12,15H2,1-4H3,(H,28,33). The number of aromatic amines is 1. The normalized spacial score (nSPS) is 15.4. The van der Waals surface area contributed by atoms with Crippen molar-refractivity contribution < 1.29 is 19.7 Å². The molecule has 1 aromatic heterocycles. The van der Waals surface area contributed by atoms with Gasteiger partial charge in [0.25, 0.3) is 0 Å². The van der Waals surface area contributed by atoms with E-state index in [9.17, 15) is 15.0 Å². The maximum Gasteiger partial charge on any atom is 0.348 e. The number of phenolic OH excluding ortho intramolecular Hbond substituents is 2. The number of likely N-dealkylation sites (tertiary alicyclic amines) is 1. The lowest BCUT2D eigenvalue weighted by Gasteiger charge is -2.34. The Hall–Kier alpha value is -3.14. The van der Waals surface area contributed by atoms with E-state index in [1.54, 1.807) is 20.3 Å². The SMILES string of the molecule is COC(OC)C1CCN(Cc2ccc(-n3c(-c4cc(C(C)C)c(O)cc4O)n[nH]c3=O)cc2)CC1. The average Bonchev–Trinajstić information content (AvgIpc) is 3.22. The Morgan fingerprint density at radius 2 is 1.71 bits per heavy atom.